The first-order valence-electron chi connectivity index (χ1n) is 5.75. The summed E-state index contributed by atoms with van der Waals surface area (Å²) in [5.74, 6) is -0.233. The average Bonchev–Trinajstić information content (AvgIpc) is 2.72. The number of hydrogen-bond acceptors (Lipinski definition) is 3. The Kier molecular flexibility index (Phi) is 3.66. The van der Waals surface area contributed by atoms with Gasteiger partial charge in [-0.2, -0.15) is 0 Å². The van der Waals surface area contributed by atoms with Crippen molar-refractivity contribution in [2.75, 3.05) is 26.7 Å². The quantitative estimate of drug-likeness (QED) is 0.836. The minimum Gasteiger partial charge on any atom is -0.494 e. The zero-order valence-electron chi connectivity index (χ0n) is 10.1. The third-order valence-corrected chi connectivity index (χ3v) is 3.01. The number of nitrogens with one attached hydrogen (secondary N) is 1. The zero-order chi connectivity index (χ0) is 13.1. The van der Waals surface area contributed by atoms with Crippen LogP contribution in [0.2, 0.25) is 0 Å². The van der Waals surface area contributed by atoms with E-state index in [1.54, 1.807) is 17.0 Å². The molecule has 0 spiro atoms. The second kappa shape index (κ2) is 5.22. The number of rotatable bonds is 4. The number of carbonyl (C=O) groups is 1. The molecule has 0 saturated carbocycles. The SMILES string of the molecule is COc1ccc(C2CNC(=O)N2CCN)cc1F. The maximum absolute atomic E-state index is 13.6. The van der Waals surface area contributed by atoms with Crippen molar-refractivity contribution in [3.8, 4) is 5.75 Å². The molecule has 1 aromatic rings. The van der Waals surface area contributed by atoms with Gasteiger partial charge in [-0.05, 0) is 17.7 Å². The van der Waals surface area contributed by atoms with E-state index in [4.69, 9.17) is 10.5 Å². The fourth-order valence-electron chi connectivity index (χ4n) is 2.12. The molecule has 1 aromatic carbocycles. The first kappa shape index (κ1) is 12.6. The summed E-state index contributed by atoms with van der Waals surface area (Å²) in [6.07, 6.45) is 0. The summed E-state index contributed by atoms with van der Waals surface area (Å²) < 4.78 is 18.5. The Labute approximate surface area is 105 Å². The lowest BCUT2D eigenvalue weighted by atomic mass is 10.1. The Morgan fingerprint density at radius 2 is 2.39 bits per heavy atom. The van der Waals surface area contributed by atoms with Crippen LogP contribution in [-0.4, -0.2) is 37.7 Å². The van der Waals surface area contributed by atoms with Gasteiger partial charge in [0.05, 0.1) is 13.2 Å². The molecule has 3 N–H and O–H groups in total. The van der Waals surface area contributed by atoms with Crippen molar-refractivity contribution < 1.29 is 13.9 Å². The van der Waals surface area contributed by atoms with Gasteiger partial charge < -0.3 is 20.7 Å². The van der Waals surface area contributed by atoms with E-state index < -0.39 is 5.82 Å². The van der Waals surface area contributed by atoms with Crippen LogP contribution in [0, 0.1) is 5.82 Å². The van der Waals surface area contributed by atoms with Gasteiger partial charge in [-0.15, -0.1) is 0 Å². The number of urea groups is 1. The highest BCUT2D eigenvalue weighted by molar-refractivity contribution is 5.77. The molecule has 98 valence electrons. The summed E-state index contributed by atoms with van der Waals surface area (Å²) >= 11 is 0. The number of hydrogen-bond donors (Lipinski definition) is 2. The van der Waals surface area contributed by atoms with Gasteiger partial charge in [-0.3, -0.25) is 0 Å². The van der Waals surface area contributed by atoms with E-state index in [0.29, 0.717) is 19.6 Å². The lowest BCUT2D eigenvalue weighted by Crippen LogP contribution is -2.34. The highest BCUT2D eigenvalue weighted by atomic mass is 19.1. The minimum atomic E-state index is -0.429. The van der Waals surface area contributed by atoms with Crippen LogP contribution in [0.3, 0.4) is 0 Å². The second-order valence-corrected chi connectivity index (χ2v) is 4.08. The maximum Gasteiger partial charge on any atom is 0.318 e. The lowest BCUT2D eigenvalue weighted by molar-refractivity contribution is 0.205. The summed E-state index contributed by atoms with van der Waals surface area (Å²) in [5.41, 5.74) is 6.21. The van der Waals surface area contributed by atoms with Crippen LogP contribution in [0.15, 0.2) is 18.2 Å². The standard InChI is InChI=1S/C12H16FN3O2/c1-18-11-3-2-8(6-9(11)13)10-7-15-12(17)16(10)5-4-14/h2-3,6,10H,4-5,7,14H2,1H3,(H,15,17). The van der Waals surface area contributed by atoms with E-state index >= 15 is 0 Å². The molecule has 1 heterocycles. The van der Waals surface area contributed by atoms with Crippen LogP contribution in [-0.2, 0) is 0 Å². The van der Waals surface area contributed by atoms with Gasteiger partial charge >= 0.3 is 6.03 Å². The Balaban J connectivity index is 2.25. The fourth-order valence-corrected chi connectivity index (χ4v) is 2.12. The molecule has 1 aliphatic heterocycles. The predicted octanol–water partition coefficient (Wildman–Crippen LogP) is 0.859. The highest BCUT2D eigenvalue weighted by Gasteiger charge is 2.31. The van der Waals surface area contributed by atoms with Gasteiger partial charge in [0.15, 0.2) is 11.6 Å². The van der Waals surface area contributed by atoms with E-state index in [1.807, 2.05) is 0 Å². The molecular formula is C12H16FN3O2. The summed E-state index contributed by atoms with van der Waals surface area (Å²) in [6, 6.07) is 4.38. The predicted molar refractivity (Wildman–Crippen MR) is 64.9 cm³/mol. The van der Waals surface area contributed by atoms with Crippen LogP contribution in [0.4, 0.5) is 9.18 Å². The molecule has 0 radical (unpaired) electrons. The molecule has 2 rings (SSSR count). The van der Waals surface area contributed by atoms with E-state index in [0.717, 1.165) is 5.56 Å². The Morgan fingerprint density at radius 1 is 1.61 bits per heavy atom. The van der Waals surface area contributed by atoms with Gasteiger partial charge in [-0.1, -0.05) is 6.07 Å². The molecule has 1 saturated heterocycles. The summed E-state index contributed by atoms with van der Waals surface area (Å²) in [5, 5.41) is 2.73. The van der Waals surface area contributed by atoms with Crippen LogP contribution >= 0.6 is 0 Å². The van der Waals surface area contributed by atoms with Gasteiger partial charge in [0.2, 0.25) is 0 Å². The Morgan fingerprint density at radius 3 is 3.00 bits per heavy atom. The molecule has 1 aliphatic rings. The number of nitrogens with zero attached hydrogens (tertiary/aromatic N) is 1. The third-order valence-electron chi connectivity index (χ3n) is 3.01. The topological polar surface area (TPSA) is 67.6 Å². The molecule has 5 nitrogen and oxygen atoms in total. The number of carbonyl (C=O) groups excluding carboxylic acids is 1. The third kappa shape index (κ3) is 2.24. The number of halogens is 1. The first-order valence-corrected chi connectivity index (χ1v) is 5.75. The van der Waals surface area contributed by atoms with Crippen molar-refractivity contribution in [2.24, 2.45) is 5.73 Å². The van der Waals surface area contributed by atoms with Crippen molar-refractivity contribution >= 4 is 6.03 Å². The Hall–Kier alpha value is -1.82. The summed E-state index contributed by atoms with van der Waals surface area (Å²) in [4.78, 5) is 13.2. The lowest BCUT2D eigenvalue weighted by Gasteiger charge is -2.22. The van der Waals surface area contributed by atoms with Gasteiger partial charge in [-0.25, -0.2) is 9.18 Å². The average molecular weight is 253 g/mol. The molecule has 1 atom stereocenters. The van der Waals surface area contributed by atoms with E-state index in [1.165, 1.54) is 13.2 Å². The van der Waals surface area contributed by atoms with Crippen LogP contribution in [0.25, 0.3) is 0 Å². The first-order chi connectivity index (χ1) is 8.67. The largest absolute Gasteiger partial charge is 0.494 e. The van der Waals surface area contributed by atoms with E-state index in [9.17, 15) is 9.18 Å². The molecule has 18 heavy (non-hydrogen) atoms. The zero-order valence-corrected chi connectivity index (χ0v) is 10.1. The molecule has 2 amide bonds. The summed E-state index contributed by atoms with van der Waals surface area (Å²) in [7, 11) is 1.42. The fraction of sp³-hybridized carbons (Fsp3) is 0.417. The molecule has 0 aromatic heterocycles. The van der Waals surface area contributed by atoms with E-state index in [-0.39, 0.29) is 17.8 Å². The second-order valence-electron chi connectivity index (χ2n) is 4.08. The number of methoxy groups -OCH3 is 1. The van der Waals surface area contributed by atoms with Crippen molar-refractivity contribution in [3.05, 3.63) is 29.6 Å². The number of amides is 2. The van der Waals surface area contributed by atoms with Gasteiger partial charge in [0.1, 0.15) is 0 Å². The van der Waals surface area contributed by atoms with Crippen molar-refractivity contribution in [3.63, 3.8) is 0 Å². The monoisotopic (exact) mass is 253 g/mol. The minimum absolute atomic E-state index is 0.165. The van der Waals surface area contributed by atoms with Crippen LogP contribution < -0.4 is 15.8 Å². The van der Waals surface area contributed by atoms with Crippen LogP contribution in [0.1, 0.15) is 11.6 Å². The normalized spacial score (nSPS) is 18.9. The molecule has 1 fully saturated rings. The smallest absolute Gasteiger partial charge is 0.318 e. The molecule has 0 bridgehead atoms. The number of nitrogens with two attached hydrogens (primary N) is 1. The van der Waals surface area contributed by atoms with Crippen molar-refractivity contribution in [1.29, 1.82) is 0 Å². The Bertz CT molecular complexity index is 453. The number of benzene rings is 1. The molecule has 0 aliphatic carbocycles. The number of ether oxygens (including phenoxy) is 1. The maximum atomic E-state index is 13.6. The van der Waals surface area contributed by atoms with E-state index in [2.05, 4.69) is 5.32 Å². The van der Waals surface area contributed by atoms with Gasteiger partial charge in [0, 0.05) is 19.6 Å². The van der Waals surface area contributed by atoms with Gasteiger partial charge in [0.25, 0.3) is 0 Å². The molecule has 1 unspecified atom stereocenters. The summed E-state index contributed by atoms with van der Waals surface area (Å²) in [6.45, 7) is 1.29. The van der Waals surface area contributed by atoms with Crippen molar-refractivity contribution in [2.45, 2.75) is 6.04 Å². The highest BCUT2D eigenvalue weighted by Crippen LogP contribution is 2.27. The van der Waals surface area contributed by atoms with Crippen LogP contribution in [0.5, 0.6) is 5.75 Å². The van der Waals surface area contributed by atoms with Crippen molar-refractivity contribution in [1.82, 2.24) is 10.2 Å². The molecule has 6 heteroatoms. The molecular weight excluding hydrogens is 237 g/mol.